The van der Waals surface area contributed by atoms with E-state index in [4.69, 9.17) is 14.2 Å². The summed E-state index contributed by atoms with van der Waals surface area (Å²) >= 11 is 0. The van der Waals surface area contributed by atoms with Crippen LogP contribution in [0.1, 0.15) is 58.2 Å². The number of sulfonamides is 1. The molecule has 0 amide bonds. The Kier molecular flexibility index (Phi) is 8.60. The van der Waals surface area contributed by atoms with Gasteiger partial charge in [-0.15, -0.1) is 0 Å². The van der Waals surface area contributed by atoms with Gasteiger partial charge in [-0.25, -0.2) is 18.1 Å². The smallest absolute Gasteiger partial charge is 0.420 e. The number of nitrogens with one attached hydrogen (secondary N) is 1. The minimum atomic E-state index is -4.74. The Morgan fingerprint density at radius 3 is 2.16 bits per heavy atom. The average molecular weight is 620 g/mol. The van der Waals surface area contributed by atoms with E-state index in [-0.39, 0.29) is 40.9 Å². The first-order chi connectivity index (χ1) is 19.7. The number of ether oxygens (including phenoxy) is 3. The molecule has 0 spiro atoms. The van der Waals surface area contributed by atoms with Crippen LogP contribution in [0, 0.1) is 0 Å². The number of hydrogen-bond donors (Lipinski definition) is 1. The number of alkyl halides is 3. The summed E-state index contributed by atoms with van der Waals surface area (Å²) in [6, 6.07) is 7.91. The van der Waals surface area contributed by atoms with Crippen molar-refractivity contribution in [1.82, 2.24) is 14.7 Å². The van der Waals surface area contributed by atoms with Crippen LogP contribution < -0.4 is 18.9 Å². The molecule has 4 rings (SSSR count). The second-order valence-corrected chi connectivity index (χ2v) is 14.1. The van der Waals surface area contributed by atoms with Gasteiger partial charge in [-0.2, -0.15) is 18.2 Å². The first-order valence-corrected chi connectivity index (χ1v) is 15.5. The number of nitrogens with zero attached hydrogens (tertiary/aromatic N) is 2. The first kappa shape index (κ1) is 32.3. The molecule has 232 valence electrons. The Labute approximate surface area is 250 Å². The Balaban J connectivity index is 1.88. The lowest BCUT2D eigenvalue weighted by molar-refractivity contribution is -0.138. The number of rotatable bonds is 8. The number of benzene rings is 2. The van der Waals surface area contributed by atoms with Gasteiger partial charge in [-0.05, 0) is 87.9 Å². The summed E-state index contributed by atoms with van der Waals surface area (Å²) in [6.07, 6.45) is 0.146. The molecule has 1 aliphatic rings. The summed E-state index contributed by atoms with van der Waals surface area (Å²) in [5.41, 5.74) is 1.33. The van der Waals surface area contributed by atoms with Crippen LogP contribution in [0.5, 0.6) is 17.6 Å². The van der Waals surface area contributed by atoms with Crippen molar-refractivity contribution in [2.75, 3.05) is 19.9 Å². The van der Waals surface area contributed by atoms with Gasteiger partial charge in [-0.3, -0.25) is 0 Å². The van der Waals surface area contributed by atoms with E-state index in [9.17, 15) is 21.6 Å². The zero-order valence-corrected chi connectivity index (χ0v) is 26.2. The highest BCUT2D eigenvalue weighted by Gasteiger charge is 2.37. The van der Waals surface area contributed by atoms with E-state index in [0.717, 1.165) is 29.0 Å². The predicted molar refractivity (Wildman–Crippen MR) is 160 cm³/mol. The lowest BCUT2D eigenvalue weighted by Crippen LogP contribution is -2.26. The summed E-state index contributed by atoms with van der Waals surface area (Å²) in [5.74, 6) is -0.250. The van der Waals surface area contributed by atoms with Gasteiger partial charge in [0.15, 0.2) is 0 Å². The number of fused-ring (bicyclic) bond motifs is 1. The van der Waals surface area contributed by atoms with Gasteiger partial charge < -0.3 is 14.2 Å². The summed E-state index contributed by atoms with van der Waals surface area (Å²) in [5, 5.41) is 0. The molecule has 2 aromatic carbocycles. The van der Waals surface area contributed by atoms with Gasteiger partial charge in [0.2, 0.25) is 15.9 Å². The van der Waals surface area contributed by atoms with Crippen LogP contribution in [0.15, 0.2) is 42.6 Å². The molecule has 1 heterocycles. The fourth-order valence-electron chi connectivity index (χ4n) is 4.63. The van der Waals surface area contributed by atoms with Crippen LogP contribution in [0.25, 0.3) is 27.8 Å². The van der Waals surface area contributed by atoms with E-state index < -0.39 is 33.0 Å². The molecule has 8 nitrogen and oxygen atoms in total. The number of halogens is 3. The van der Waals surface area contributed by atoms with Crippen LogP contribution in [0.2, 0.25) is 0 Å². The van der Waals surface area contributed by atoms with Gasteiger partial charge in [-0.1, -0.05) is 24.3 Å². The molecule has 43 heavy (non-hydrogen) atoms. The minimum Gasteiger partial charge on any atom is -0.495 e. The zero-order chi connectivity index (χ0) is 32.0. The number of allylic oxidation sites excluding steroid dienone is 1. The fraction of sp³-hybridized carbons (Fsp3) is 0.419. The lowest BCUT2D eigenvalue weighted by atomic mass is 9.93. The molecule has 1 aliphatic carbocycles. The zero-order valence-electron chi connectivity index (χ0n) is 25.4. The Hall–Kier alpha value is -3.64. The molecule has 0 fully saturated rings. The third kappa shape index (κ3) is 8.05. The summed E-state index contributed by atoms with van der Waals surface area (Å²) in [6.45, 7) is 11.0. The topological polar surface area (TPSA) is 99.6 Å². The van der Waals surface area contributed by atoms with Crippen LogP contribution in [0.3, 0.4) is 0 Å². The molecule has 0 bridgehead atoms. The van der Waals surface area contributed by atoms with E-state index in [1.54, 1.807) is 24.3 Å². The molecule has 1 aromatic heterocycles. The number of aromatic nitrogens is 2. The molecular formula is C31H36F3N3O5S. The monoisotopic (exact) mass is 619 g/mol. The minimum absolute atomic E-state index is 0.0348. The second-order valence-electron chi connectivity index (χ2n) is 12.3. The van der Waals surface area contributed by atoms with E-state index in [2.05, 4.69) is 14.7 Å². The quantitative estimate of drug-likeness (QED) is 0.300. The number of hydrogen-bond acceptors (Lipinski definition) is 7. The van der Waals surface area contributed by atoms with Crippen molar-refractivity contribution in [3.8, 4) is 39.9 Å². The summed E-state index contributed by atoms with van der Waals surface area (Å²) in [4.78, 5) is 8.70. The molecule has 0 radical (unpaired) electrons. The third-order valence-corrected chi connectivity index (χ3v) is 6.97. The Morgan fingerprint density at radius 2 is 1.58 bits per heavy atom. The summed E-state index contributed by atoms with van der Waals surface area (Å²) < 4.78 is 86.3. The summed E-state index contributed by atoms with van der Waals surface area (Å²) in [7, 11) is -2.19. The van der Waals surface area contributed by atoms with Crippen LogP contribution in [-0.4, -0.2) is 49.5 Å². The highest BCUT2D eigenvalue weighted by atomic mass is 32.2. The first-order valence-electron chi connectivity index (χ1n) is 13.6. The van der Waals surface area contributed by atoms with Crippen molar-refractivity contribution in [3.05, 3.63) is 59.3 Å². The third-order valence-electron chi connectivity index (χ3n) is 6.30. The van der Waals surface area contributed by atoms with Gasteiger partial charge >= 0.3 is 12.2 Å². The van der Waals surface area contributed by atoms with Crippen molar-refractivity contribution in [1.29, 1.82) is 0 Å². The maximum Gasteiger partial charge on any atom is 0.420 e. The van der Waals surface area contributed by atoms with E-state index in [0.29, 0.717) is 12.0 Å². The molecule has 0 saturated heterocycles. The van der Waals surface area contributed by atoms with Crippen molar-refractivity contribution in [3.63, 3.8) is 0 Å². The van der Waals surface area contributed by atoms with Crippen molar-refractivity contribution in [2.45, 2.75) is 65.3 Å². The van der Waals surface area contributed by atoms with Crippen molar-refractivity contribution in [2.24, 2.45) is 0 Å². The molecule has 0 atom stereocenters. The van der Waals surface area contributed by atoms with Crippen molar-refractivity contribution >= 4 is 15.6 Å². The molecule has 3 aromatic rings. The van der Waals surface area contributed by atoms with Gasteiger partial charge in [0.25, 0.3) is 0 Å². The lowest BCUT2D eigenvalue weighted by Gasteiger charge is -2.25. The maximum atomic E-state index is 14.5. The Bertz CT molecular complexity index is 1670. The van der Waals surface area contributed by atoms with Crippen molar-refractivity contribution < 1.29 is 35.8 Å². The molecule has 1 N–H and O–H groups in total. The molecule has 12 heteroatoms. The van der Waals surface area contributed by atoms with Crippen LogP contribution in [0.4, 0.5) is 13.2 Å². The van der Waals surface area contributed by atoms with E-state index >= 15 is 0 Å². The van der Waals surface area contributed by atoms with Crippen LogP contribution >= 0.6 is 0 Å². The fourth-order valence-corrected chi connectivity index (χ4v) is 5.05. The van der Waals surface area contributed by atoms with E-state index in [1.165, 1.54) is 13.3 Å². The molecule has 0 saturated carbocycles. The number of methoxy groups -OCH3 is 1. The Morgan fingerprint density at radius 1 is 0.907 bits per heavy atom. The van der Waals surface area contributed by atoms with Gasteiger partial charge in [0.1, 0.15) is 17.0 Å². The van der Waals surface area contributed by atoms with E-state index in [1.807, 2.05) is 47.6 Å². The SMILES string of the molecule is COc1c(-c2ccc3c(c2)CC=C3CNS(C)(=O)=O)cc(-c2cnc(OC(C)(C)C)nc2OC(C)(C)C)cc1C(F)(F)F. The average Bonchev–Trinajstić information content (AvgIpc) is 3.26. The molecule has 0 aliphatic heterocycles. The second kappa shape index (κ2) is 11.5. The highest BCUT2D eigenvalue weighted by molar-refractivity contribution is 7.88. The normalized spacial score (nSPS) is 13.9. The molecule has 0 unspecified atom stereocenters. The maximum absolute atomic E-state index is 14.5. The molecular weight excluding hydrogens is 583 g/mol. The van der Waals surface area contributed by atoms with Crippen LogP contribution in [-0.2, 0) is 22.6 Å². The largest absolute Gasteiger partial charge is 0.495 e. The predicted octanol–water partition coefficient (Wildman–Crippen LogP) is 6.68. The highest BCUT2D eigenvalue weighted by Crippen LogP contribution is 2.47. The van der Waals surface area contributed by atoms with Gasteiger partial charge in [0.05, 0.1) is 24.5 Å². The standard InChI is InChI=1S/C31H36F3N3O5S/c1-29(2,3)41-27-24(17-35-28(37-27)42-30(4,5)6)21-14-23(26(40-7)25(15-21)31(32,33)34)19-11-12-22-18(13-19)9-10-20(22)16-36-43(8,38)39/h10-15,17,36H,9,16H2,1-8H3. The van der Waals surface area contributed by atoms with Gasteiger partial charge in [0, 0.05) is 18.3 Å².